The summed E-state index contributed by atoms with van der Waals surface area (Å²) in [5.41, 5.74) is 5.07. The minimum Gasteiger partial charge on any atom is -0.418 e. The molecule has 4 rings (SSSR count). The number of rotatable bonds is 5. The van der Waals surface area contributed by atoms with Crippen molar-refractivity contribution in [2.45, 2.75) is 26.4 Å². The fourth-order valence-electron chi connectivity index (χ4n) is 3.53. The fraction of sp³-hybridized carbons (Fsp3) is 0.304. The number of pyridine rings is 1. The molecule has 33 heavy (non-hydrogen) atoms. The van der Waals surface area contributed by atoms with Crippen LogP contribution in [0.15, 0.2) is 41.0 Å². The van der Waals surface area contributed by atoms with Crippen LogP contribution in [0.5, 0.6) is 0 Å². The summed E-state index contributed by atoms with van der Waals surface area (Å²) in [5, 5.41) is 29.8. The molecular formula is C23H24ClN5O4. The standard InChI is InChI=1S/C23H24ClN5O4/c1-13-3-4-17(10-18(13)24)26-23(32)29-7-5-15(6-8-29)20-14(2)9-16(11-25-20)21-27-28-22(33-21)19(31)12-30/h3-5,9-11,19,30-31H,6-8,12H2,1-2H3,(H,26,32)/t19-/m0/s1. The Labute approximate surface area is 195 Å². The van der Waals surface area contributed by atoms with E-state index in [-0.39, 0.29) is 17.8 Å². The molecule has 172 valence electrons. The van der Waals surface area contributed by atoms with E-state index in [0.717, 1.165) is 22.4 Å². The summed E-state index contributed by atoms with van der Waals surface area (Å²) in [7, 11) is 0. The van der Waals surface area contributed by atoms with Crippen molar-refractivity contribution in [1.82, 2.24) is 20.1 Å². The number of urea groups is 1. The van der Waals surface area contributed by atoms with E-state index in [9.17, 15) is 9.90 Å². The van der Waals surface area contributed by atoms with Gasteiger partial charge in [0.05, 0.1) is 17.9 Å². The summed E-state index contributed by atoms with van der Waals surface area (Å²) < 4.78 is 5.42. The van der Waals surface area contributed by atoms with Crippen molar-refractivity contribution in [3.63, 3.8) is 0 Å². The van der Waals surface area contributed by atoms with E-state index in [2.05, 4.69) is 20.5 Å². The molecule has 0 saturated heterocycles. The highest BCUT2D eigenvalue weighted by Gasteiger charge is 2.21. The van der Waals surface area contributed by atoms with Crippen LogP contribution in [0.2, 0.25) is 5.02 Å². The maximum absolute atomic E-state index is 12.6. The van der Waals surface area contributed by atoms with E-state index in [1.165, 1.54) is 0 Å². The number of hydrogen-bond donors (Lipinski definition) is 3. The number of hydrogen-bond acceptors (Lipinski definition) is 7. The van der Waals surface area contributed by atoms with Gasteiger partial charge in [0.15, 0.2) is 6.10 Å². The molecule has 0 saturated carbocycles. The summed E-state index contributed by atoms with van der Waals surface area (Å²) in [5.74, 6) is 0.173. The first kappa shape index (κ1) is 22.9. The number of carbonyl (C=O) groups excluding carboxylic acids is 1. The molecule has 3 heterocycles. The zero-order valence-corrected chi connectivity index (χ0v) is 19.0. The fourth-order valence-corrected chi connectivity index (χ4v) is 3.71. The molecule has 0 aliphatic carbocycles. The molecule has 0 fully saturated rings. The number of carbonyl (C=O) groups is 1. The monoisotopic (exact) mass is 469 g/mol. The topological polar surface area (TPSA) is 125 Å². The first-order valence-electron chi connectivity index (χ1n) is 10.5. The number of nitrogens with zero attached hydrogens (tertiary/aromatic N) is 4. The smallest absolute Gasteiger partial charge is 0.322 e. The van der Waals surface area contributed by atoms with Gasteiger partial charge < -0.3 is 24.8 Å². The van der Waals surface area contributed by atoms with Gasteiger partial charge in [-0.25, -0.2) is 4.79 Å². The van der Waals surface area contributed by atoms with Crippen LogP contribution in [0, 0.1) is 13.8 Å². The Balaban J connectivity index is 1.43. The number of aryl methyl sites for hydroxylation is 2. The Bertz CT molecular complexity index is 1210. The Morgan fingerprint density at radius 3 is 2.76 bits per heavy atom. The number of amides is 2. The Morgan fingerprint density at radius 1 is 1.27 bits per heavy atom. The van der Waals surface area contributed by atoms with Crippen molar-refractivity contribution in [1.29, 1.82) is 0 Å². The van der Waals surface area contributed by atoms with E-state index in [1.54, 1.807) is 17.2 Å². The lowest BCUT2D eigenvalue weighted by atomic mass is 10.00. The van der Waals surface area contributed by atoms with Gasteiger partial charge in [0.2, 0.25) is 11.8 Å². The number of halogens is 1. The summed E-state index contributed by atoms with van der Waals surface area (Å²) >= 11 is 6.14. The third-order valence-electron chi connectivity index (χ3n) is 5.45. The summed E-state index contributed by atoms with van der Waals surface area (Å²) in [6, 6.07) is 7.14. The lowest BCUT2D eigenvalue weighted by molar-refractivity contribution is 0.0736. The molecule has 1 atom stereocenters. The second-order valence-electron chi connectivity index (χ2n) is 7.85. The van der Waals surface area contributed by atoms with Crippen LogP contribution in [-0.2, 0) is 0 Å². The molecule has 1 aromatic carbocycles. The van der Waals surface area contributed by atoms with E-state index >= 15 is 0 Å². The van der Waals surface area contributed by atoms with Gasteiger partial charge in [-0.2, -0.15) is 0 Å². The number of aliphatic hydroxyl groups excluding tert-OH is 2. The van der Waals surface area contributed by atoms with E-state index in [4.69, 9.17) is 21.1 Å². The Hall–Kier alpha value is -3.27. The molecule has 0 unspecified atom stereocenters. The molecule has 0 radical (unpaired) electrons. The van der Waals surface area contributed by atoms with Crippen molar-refractivity contribution < 1.29 is 19.4 Å². The minimum atomic E-state index is -1.21. The summed E-state index contributed by atoms with van der Waals surface area (Å²) in [6.07, 6.45) is 3.09. The number of benzene rings is 1. The molecule has 3 aromatic rings. The lowest BCUT2D eigenvalue weighted by Crippen LogP contribution is -2.38. The predicted molar refractivity (Wildman–Crippen MR) is 124 cm³/mol. The molecular weight excluding hydrogens is 446 g/mol. The SMILES string of the molecule is Cc1ccc(NC(=O)N2CC=C(c3ncc(-c4nnc([C@@H](O)CO)o4)cc3C)CC2)cc1Cl. The molecule has 9 nitrogen and oxygen atoms in total. The molecule has 10 heteroatoms. The maximum atomic E-state index is 12.6. The average molecular weight is 470 g/mol. The highest BCUT2D eigenvalue weighted by Crippen LogP contribution is 2.28. The molecule has 2 aromatic heterocycles. The van der Waals surface area contributed by atoms with Crippen molar-refractivity contribution >= 4 is 28.9 Å². The normalized spacial score (nSPS) is 14.7. The zero-order chi connectivity index (χ0) is 23.5. The van der Waals surface area contributed by atoms with Gasteiger partial charge in [-0.05, 0) is 55.2 Å². The van der Waals surface area contributed by atoms with Gasteiger partial charge in [0.1, 0.15) is 0 Å². The van der Waals surface area contributed by atoms with Crippen LogP contribution < -0.4 is 5.32 Å². The number of aliphatic hydroxyl groups is 2. The average Bonchev–Trinajstić information content (AvgIpc) is 3.31. The number of anilines is 1. The maximum Gasteiger partial charge on any atom is 0.322 e. The number of nitrogens with one attached hydrogen (secondary N) is 1. The van der Waals surface area contributed by atoms with Gasteiger partial charge in [-0.15, -0.1) is 10.2 Å². The highest BCUT2D eigenvalue weighted by atomic mass is 35.5. The van der Waals surface area contributed by atoms with E-state index < -0.39 is 12.7 Å². The summed E-state index contributed by atoms with van der Waals surface area (Å²) in [6.45, 7) is 4.38. The Kier molecular flexibility index (Phi) is 6.73. The van der Waals surface area contributed by atoms with Crippen LogP contribution >= 0.6 is 11.6 Å². The van der Waals surface area contributed by atoms with Crippen LogP contribution in [0.1, 0.15) is 35.2 Å². The molecule has 3 N–H and O–H groups in total. The van der Waals surface area contributed by atoms with E-state index in [0.29, 0.717) is 35.8 Å². The predicted octanol–water partition coefficient (Wildman–Crippen LogP) is 3.75. The molecule has 2 amide bonds. The molecule has 0 bridgehead atoms. The van der Waals surface area contributed by atoms with Gasteiger partial charge >= 0.3 is 6.03 Å². The van der Waals surface area contributed by atoms with Crippen molar-refractivity contribution in [3.8, 4) is 11.5 Å². The second kappa shape index (κ2) is 9.70. The lowest BCUT2D eigenvalue weighted by Gasteiger charge is -2.27. The van der Waals surface area contributed by atoms with Gasteiger partial charge in [-0.3, -0.25) is 4.98 Å². The quantitative estimate of drug-likeness (QED) is 0.519. The molecule has 0 spiro atoms. The van der Waals surface area contributed by atoms with Crippen molar-refractivity contribution in [3.05, 3.63) is 64.3 Å². The third kappa shape index (κ3) is 5.05. The molecule has 1 aliphatic heterocycles. The Morgan fingerprint density at radius 2 is 2.09 bits per heavy atom. The summed E-state index contributed by atoms with van der Waals surface area (Å²) in [4.78, 5) is 18.9. The van der Waals surface area contributed by atoms with Crippen molar-refractivity contribution in [2.24, 2.45) is 0 Å². The van der Waals surface area contributed by atoms with Crippen LogP contribution in [0.4, 0.5) is 10.5 Å². The largest absolute Gasteiger partial charge is 0.418 e. The first-order valence-corrected chi connectivity index (χ1v) is 10.8. The minimum absolute atomic E-state index is 0.0458. The van der Waals surface area contributed by atoms with Crippen molar-refractivity contribution in [2.75, 3.05) is 25.0 Å². The van der Waals surface area contributed by atoms with Gasteiger partial charge in [0.25, 0.3) is 0 Å². The molecule has 1 aliphatic rings. The van der Waals surface area contributed by atoms with E-state index in [1.807, 2.05) is 38.1 Å². The van der Waals surface area contributed by atoms with Crippen LogP contribution in [0.25, 0.3) is 17.0 Å². The van der Waals surface area contributed by atoms with Crippen LogP contribution in [0.3, 0.4) is 0 Å². The highest BCUT2D eigenvalue weighted by molar-refractivity contribution is 6.31. The van der Waals surface area contributed by atoms with Crippen LogP contribution in [-0.4, -0.2) is 56.0 Å². The first-order chi connectivity index (χ1) is 15.9. The van der Waals surface area contributed by atoms with Gasteiger partial charge in [-0.1, -0.05) is 23.7 Å². The second-order valence-corrected chi connectivity index (χ2v) is 8.26. The third-order valence-corrected chi connectivity index (χ3v) is 5.85. The van der Waals surface area contributed by atoms with Gasteiger partial charge in [0, 0.05) is 30.0 Å². The number of aromatic nitrogens is 3. The zero-order valence-electron chi connectivity index (χ0n) is 18.2.